The average molecular weight is 440 g/mol. The zero-order valence-electron chi connectivity index (χ0n) is 20.3. The normalized spacial score (nSPS) is 12.7. The van der Waals surface area contributed by atoms with Crippen LogP contribution in [0.5, 0.6) is 0 Å². The summed E-state index contributed by atoms with van der Waals surface area (Å²) in [5, 5.41) is 11.3. The summed E-state index contributed by atoms with van der Waals surface area (Å²) in [4.78, 5) is 23.5. The minimum Gasteiger partial charge on any atom is -0.454 e. The van der Waals surface area contributed by atoms with Crippen molar-refractivity contribution in [1.82, 2.24) is 0 Å². The van der Waals surface area contributed by atoms with Crippen molar-refractivity contribution < 1.29 is 14.5 Å². The Kier molecular flexibility index (Phi) is 12.0. The highest BCUT2D eigenvalue weighted by Gasteiger charge is 2.22. The molecular formula is C27H37NO4. The van der Waals surface area contributed by atoms with Gasteiger partial charge in [0, 0.05) is 12.5 Å². The van der Waals surface area contributed by atoms with Gasteiger partial charge in [-0.05, 0) is 79.4 Å². The van der Waals surface area contributed by atoms with E-state index >= 15 is 0 Å². The third-order valence-corrected chi connectivity index (χ3v) is 4.93. The fraction of sp³-hybridized carbons (Fsp3) is 0.444. The Morgan fingerprint density at radius 3 is 2.06 bits per heavy atom. The van der Waals surface area contributed by atoms with Gasteiger partial charge in [0.25, 0.3) is 5.69 Å². The van der Waals surface area contributed by atoms with Crippen molar-refractivity contribution in [1.29, 1.82) is 0 Å². The highest BCUT2D eigenvalue weighted by Crippen LogP contribution is 2.21. The van der Waals surface area contributed by atoms with E-state index in [4.69, 9.17) is 4.74 Å². The summed E-state index contributed by atoms with van der Waals surface area (Å²) in [6, 6.07) is 5.90. The number of para-hydroxylation sites is 1. The number of ether oxygens (including phenoxy) is 1. The van der Waals surface area contributed by atoms with Crippen molar-refractivity contribution >= 4 is 11.7 Å². The predicted molar refractivity (Wildman–Crippen MR) is 132 cm³/mol. The van der Waals surface area contributed by atoms with E-state index in [-0.39, 0.29) is 11.3 Å². The molecule has 5 heteroatoms. The molecule has 0 spiro atoms. The number of carbonyl (C=O) groups excluding carboxylic acids is 1. The van der Waals surface area contributed by atoms with E-state index in [2.05, 4.69) is 52.8 Å². The first-order chi connectivity index (χ1) is 15.1. The molecule has 0 aliphatic carbocycles. The minimum absolute atomic E-state index is 0.0256. The Morgan fingerprint density at radius 1 is 0.938 bits per heavy atom. The fourth-order valence-electron chi connectivity index (χ4n) is 3.15. The van der Waals surface area contributed by atoms with Gasteiger partial charge in [0.15, 0.2) is 0 Å². The lowest BCUT2D eigenvalue weighted by Gasteiger charge is -2.15. The van der Waals surface area contributed by atoms with Crippen LogP contribution in [-0.4, -0.2) is 17.0 Å². The largest absolute Gasteiger partial charge is 0.454 e. The van der Waals surface area contributed by atoms with Crippen LogP contribution in [0.25, 0.3) is 0 Å². The van der Waals surface area contributed by atoms with Crippen molar-refractivity contribution in [2.45, 2.75) is 79.8 Å². The maximum Gasteiger partial charge on any atom is 0.345 e. The van der Waals surface area contributed by atoms with E-state index in [9.17, 15) is 14.9 Å². The van der Waals surface area contributed by atoms with Crippen molar-refractivity contribution in [2.75, 3.05) is 0 Å². The highest BCUT2D eigenvalue weighted by atomic mass is 16.6. The number of carbonyl (C=O) groups is 1. The van der Waals surface area contributed by atoms with Gasteiger partial charge in [-0.25, -0.2) is 4.79 Å². The molecule has 0 aromatic heterocycles. The van der Waals surface area contributed by atoms with Crippen LogP contribution in [0.1, 0.15) is 84.0 Å². The summed E-state index contributed by atoms with van der Waals surface area (Å²) < 4.78 is 5.73. The maximum atomic E-state index is 12.8. The van der Waals surface area contributed by atoms with Crippen LogP contribution in [0.2, 0.25) is 0 Å². The summed E-state index contributed by atoms with van der Waals surface area (Å²) in [6.45, 7) is 12.4. The second kappa shape index (κ2) is 14.2. The average Bonchev–Trinajstić information content (AvgIpc) is 2.71. The zero-order valence-corrected chi connectivity index (χ0v) is 20.3. The number of nitrogens with zero attached hydrogens (tertiary/aromatic N) is 1. The molecule has 0 N–H and O–H groups in total. The van der Waals surface area contributed by atoms with Crippen molar-refractivity contribution in [2.24, 2.45) is 0 Å². The van der Waals surface area contributed by atoms with Gasteiger partial charge in [-0.2, -0.15) is 0 Å². The van der Waals surface area contributed by atoms with E-state index < -0.39 is 17.0 Å². The number of hydrogen-bond donors (Lipinski definition) is 0. The van der Waals surface area contributed by atoms with E-state index in [1.54, 1.807) is 6.07 Å². The molecular weight excluding hydrogens is 402 g/mol. The van der Waals surface area contributed by atoms with Gasteiger partial charge in [-0.3, -0.25) is 10.1 Å². The summed E-state index contributed by atoms with van der Waals surface area (Å²) in [5.74, 6) is -0.675. The topological polar surface area (TPSA) is 69.4 Å². The molecule has 32 heavy (non-hydrogen) atoms. The Bertz CT molecular complexity index is 898. The number of esters is 1. The first kappa shape index (κ1) is 27.1. The lowest BCUT2D eigenvalue weighted by molar-refractivity contribution is -0.385. The molecule has 174 valence electrons. The summed E-state index contributed by atoms with van der Waals surface area (Å²) in [6.07, 6.45) is 12.2. The number of benzene rings is 1. The summed E-state index contributed by atoms with van der Waals surface area (Å²) in [5.41, 5.74) is 4.65. The number of rotatable bonds is 12. The molecule has 5 nitrogen and oxygen atoms in total. The van der Waals surface area contributed by atoms with Crippen LogP contribution in [0.3, 0.4) is 0 Å². The first-order valence-corrected chi connectivity index (χ1v) is 11.1. The summed E-state index contributed by atoms with van der Waals surface area (Å²) >= 11 is 0. The second-order valence-corrected chi connectivity index (χ2v) is 8.66. The van der Waals surface area contributed by atoms with Gasteiger partial charge in [0.05, 0.1) is 4.92 Å². The second-order valence-electron chi connectivity index (χ2n) is 8.66. The van der Waals surface area contributed by atoms with Crippen molar-refractivity contribution in [3.63, 3.8) is 0 Å². The lowest BCUT2D eigenvalue weighted by Crippen LogP contribution is -2.17. The molecule has 1 rings (SSSR count). The zero-order chi connectivity index (χ0) is 24.1. The van der Waals surface area contributed by atoms with Crippen LogP contribution in [0.4, 0.5) is 5.69 Å². The molecule has 0 heterocycles. The molecule has 1 unspecified atom stereocenters. The van der Waals surface area contributed by atoms with Crippen LogP contribution in [0.15, 0.2) is 70.9 Å². The van der Waals surface area contributed by atoms with Gasteiger partial charge >= 0.3 is 5.97 Å². The molecule has 1 atom stereocenters. The minimum atomic E-state index is -0.675. The van der Waals surface area contributed by atoms with E-state index in [1.807, 2.05) is 13.0 Å². The Balaban J connectivity index is 3.01. The molecule has 0 radical (unpaired) electrons. The van der Waals surface area contributed by atoms with E-state index in [0.29, 0.717) is 6.42 Å². The molecule has 0 aliphatic heterocycles. The van der Waals surface area contributed by atoms with Gasteiger partial charge in [0.1, 0.15) is 11.7 Å². The summed E-state index contributed by atoms with van der Waals surface area (Å²) in [7, 11) is 0. The Morgan fingerprint density at radius 2 is 1.50 bits per heavy atom. The molecule has 0 saturated heterocycles. The SMILES string of the molecule is CC(C)=CCC/C(C)=C/CC(/C=C(\C)CCC=C(C)C)OC(=O)c1ccccc1[N+](=O)[O-]. The van der Waals surface area contributed by atoms with Gasteiger partial charge < -0.3 is 4.74 Å². The van der Waals surface area contributed by atoms with Crippen LogP contribution in [-0.2, 0) is 4.74 Å². The van der Waals surface area contributed by atoms with Crippen molar-refractivity contribution in [3.8, 4) is 0 Å². The van der Waals surface area contributed by atoms with Crippen LogP contribution < -0.4 is 0 Å². The van der Waals surface area contributed by atoms with Crippen LogP contribution in [0, 0.1) is 10.1 Å². The van der Waals surface area contributed by atoms with E-state index in [0.717, 1.165) is 31.3 Å². The molecule has 0 amide bonds. The quantitative estimate of drug-likeness (QED) is 0.144. The molecule has 1 aromatic rings. The standard InChI is InChI=1S/C27H37NO4/c1-20(2)11-9-13-22(5)17-18-24(19-23(6)14-10-12-21(3)4)32-27(29)25-15-7-8-16-26(25)28(30)31/h7-8,11-12,15-17,19,24H,9-10,13-14,18H2,1-6H3/b22-17+,23-19+. The van der Waals surface area contributed by atoms with Gasteiger partial charge in [-0.15, -0.1) is 0 Å². The third-order valence-electron chi connectivity index (χ3n) is 4.93. The first-order valence-electron chi connectivity index (χ1n) is 11.1. The highest BCUT2D eigenvalue weighted by molar-refractivity contribution is 5.94. The lowest BCUT2D eigenvalue weighted by atomic mass is 10.0. The number of nitro groups is 1. The van der Waals surface area contributed by atoms with Gasteiger partial charge in [-0.1, -0.05) is 52.7 Å². The van der Waals surface area contributed by atoms with Gasteiger partial charge in [0.2, 0.25) is 0 Å². The van der Waals surface area contributed by atoms with Crippen molar-refractivity contribution in [3.05, 3.63) is 86.5 Å². The molecule has 0 aliphatic rings. The predicted octanol–water partition coefficient (Wildman–Crippen LogP) is 7.90. The Hall–Kier alpha value is -2.95. The van der Waals surface area contributed by atoms with E-state index in [1.165, 1.54) is 34.9 Å². The number of allylic oxidation sites excluding steroid dienone is 6. The Labute approximate surface area is 192 Å². The number of nitro benzene ring substituents is 1. The molecule has 0 bridgehead atoms. The number of hydrogen-bond acceptors (Lipinski definition) is 4. The fourth-order valence-corrected chi connectivity index (χ4v) is 3.15. The monoisotopic (exact) mass is 439 g/mol. The molecule has 1 aromatic carbocycles. The smallest absolute Gasteiger partial charge is 0.345 e. The molecule has 0 fully saturated rings. The molecule has 0 saturated carbocycles. The third kappa shape index (κ3) is 10.9. The maximum absolute atomic E-state index is 12.8. The van der Waals surface area contributed by atoms with Crippen LogP contribution >= 0.6 is 0 Å².